The summed E-state index contributed by atoms with van der Waals surface area (Å²) in [5.41, 5.74) is 0.576. The molecule has 0 aliphatic carbocycles. The quantitative estimate of drug-likeness (QED) is 0.778. The first-order valence-electron chi connectivity index (χ1n) is 6.76. The summed E-state index contributed by atoms with van der Waals surface area (Å²) in [6.07, 6.45) is 0. The Labute approximate surface area is 136 Å². The van der Waals surface area contributed by atoms with Crippen LogP contribution in [0.1, 0.15) is 11.9 Å². The summed E-state index contributed by atoms with van der Waals surface area (Å²) in [4.78, 5) is 8.96. The number of piperazine rings is 1. The van der Waals surface area contributed by atoms with Gasteiger partial charge in [0.15, 0.2) is 5.82 Å². The molecule has 1 fully saturated rings. The fourth-order valence-corrected chi connectivity index (χ4v) is 2.94. The average molecular weight is 400 g/mol. The summed E-state index contributed by atoms with van der Waals surface area (Å²) < 4.78 is 6.36. The maximum Gasteiger partial charge on any atom is 0.261 e. The summed E-state index contributed by atoms with van der Waals surface area (Å²) in [5.74, 6) is 1.18. The van der Waals surface area contributed by atoms with Crippen molar-refractivity contribution >= 4 is 22.6 Å². The number of aromatic hydroxyl groups is 1. The number of halogens is 1. The smallest absolute Gasteiger partial charge is 0.261 e. The van der Waals surface area contributed by atoms with Crippen LogP contribution in [-0.4, -0.2) is 58.8 Å². The van der Waals surface area contributed by atoms with Gasteiger partial charge >= 0.3 is 0 Å². The van der Waals surface area contributed by atoms with Crippen LogP contribution in [0.4, 0.5) is 0 Å². The second-order valence-corrected chi connectivity index (χ2v) is 6.62. The molecule has 21 heavy (non-hydrogen) atoms. The first-order chi connectivity index (χ1) is 10.0. The van der Waals surface area contributed by atoms with Crippen LogP contribution >= 0.6 is 22.6 Å². The lowest BCUT2D eigenvalue weighted by molar-refractivity contribution is 0.108. The number of hydrogen-bond acceptors (Lipinski definition) is 6. The van der Waals surface area contributed by atoms with Gasteiger partial charge in [-0.2, -0.15) is 4.98 Å². The first-order valence-corrected chi connectivity index (χ1v) is 7.84. The minimum atomic E-state index is 0.117. The fraction of sp³-hybridized carbons (Fsp3) is 0.429. The molecular formula is C14H17IN4O2. The second-order valence-electron chi connectivity index (χ2n) is 5.38. The Hall–Kier alpha value is -1.19. The lowest BCUT2D eigenvalue weighted by Crippen LogP contribution is -2.45. The monoisotopic (exact) mass is 400 g/mol. The Morgan fingerprint density at radius 2 is 2.14 bits per heavy atom. The van der Waals surface area contributed by atoms with Crippen LogP contribution in [0, 0.1) is 3.57 Å². The molecule has 2 heterocycles. The zero-order chi connectivity index (χ0) is 15.0. The maximum absolute atomic E-state index is 9.95. The first kappa shape index (κ1) is 14.7. The maximum atomic E-state index is 9.95. The van der Waals surface area contributed by atoms with E-state index in [-0.39, 0.29) is 11.8 Å². The van der Waals surface area contributed by atoms with Crippen molar-refractivity contribution in [3.63, 3.8) is 0 Å². The molecule has 1 saturated heterocycles. The highest BCUT2D eigenvalue weighted by Crippen LogP contribution is 2.31. The molecule has 0 radical (unpaired) electrons. The van der Waals surface area contributed by atoms with Crippen molar-refractivity contribution in [3.05, 3.63) is 27.6 Å². The topological polar surface area (TPSA) is 65.6 Å². The zero-order valence-corrected chi connectivity index (χ0v) is 14.1. The molecule has 1 atom stereocenters. The molecule has 1 aliphatic rings. The van der Waals surface area contributed by atoms with E-state index >= 15 is 0 Å². The highest BCUT2D eigenvalue weighted by molar-refractivity contribution is 14.1. The van der Waals surface area contributed by atoms with Gasteiger partial charge in [-0.05, 0) is 54.9 Å². The van der Waals surface area contributed by atoms with Crippen molar-refractivity contribution in [2.75, 3.05) is 33.7 Å². The van der Waals surface area contributed by atoms with Crippen LogP contribution in [0.5, 0.6) is 5.75 Å². The Morgan fingerprint density at radius 3 is 2.95 bits per heavy atom. The van der Waals surface area contributed by atoms with Gasteiger partial charge in [-0.3, -0.25) is 4.90 Å². The summed E-state index contributed by atoms with van der Waals surface area (Å²) in [6, 6.07) is 5.43. The van der Waals surface area contributed by atoms with Gasteiger partial charge in [0.1, 0.15) is 5.75 Å². The van der Waals surface area contributed by atoms with E-state index in [1.807, 2.05) is 12.1 Å². The molecule has 1 aliphatic heterocycles. The van der Waals surface area contributed by atoms with Gasteiger partial charge < -0.3 is 14.5 Å². The molecule has 1 aromatic heterocycles. The molecule has 6 nitrogen and oxygen atoms in total. The number of hydrogen-bond donors (Lipinski definition) is 1. The van der Waals surface area contributed by atoms with E-state index in [1.54, 1.807) is 6.07 Å². The number of phenols is 1. The Kier molecular flexibility index (Phi) is 4.14. The molecule has 112 valence electrons. The van der Waals surface area contributed by atoms with Crippen molar-refractivity contribution in [2.45, 2.75) is 6.04 Å². The molecule has 0 saturated carbocycles. The minimum Gasteiger partial charge on any atom is -0.507 e. The summed E-state index contributed by atoms with van der Waals surface area (Å²) in [7, 11) is 4.16. The highest BCUT2D eigenvalue weighted by Gasteiger charge is 2.28. The van der Waals surface area contributed by atoms with E-state index in [9.17, 15) is 5.11 Å². The predicted molar refractivity (Wildman–Crippen MR) is 87.0 cm³/mol. The standard InChI is InChI=1S/C14H17IN4O2/c1-18-5-6-19(2)11(8-18)13-16-14(21-17-13)10-7-9(15)3-4-12(10)20/h3-4,7,11,20H,5-6,8H2,1-2H3. The molecular weight excluding hydrogens is 383 g/mol. The lowest BCUT2D eigenvalue weighted by Gasteiger charge is -2.35. The number of aromatic nitrogens is 2. The third kappa shape index (κ3) is 3.04. The molecule has 0 spiro atoms. The SMILES string of the molecule is CN1CCN(C)C(c2noc(-c3cc(I)ccc3O)n2)C1. The van der Waals surface area contributed by atoms with Crippen LogP contribution < -0.4 is 0 Å². The van der Waals surface area contributed by atoms with E-state index in [1.165, 1.54) is 0 Å². The summed E-state index contributed by atoms with van der Waals surface area (Å²) >= 11 is 2.19. The number of benzene rings is 1. The number of likely N-dealkylation sites (N-methyl/N-ethyl adjacent to an activating group) is 2. The van der Waals surface area contributed by atoms with Crippen molar-refractivity contribution in [1.29, 1.82) is 0 Å². The molecule has 0 bridgehead atoms. The average Bonchev–Trinajstić information content (AvgIpc) is 2.93. The number of nitrogens with zero attached hydrogens (tertiary/aromatic N) is 4. The van der Waals surface area contributed by atoms with Crippen LogP contribution in [0.25, 0.3) is 11.5 Å². The molecule has 1 N–H and O–H groups in total. The zero-order valence-electron chi connectivity index (χ0n) is 12.0. The largest absolute Gasteiger partial charge is 0.507 e. The van der Waals surface area contributed by atoms with Gasteiger partial charge in [0.05, 0.1) is 11.6 Å². The van der Waals surface area contributed by atoms with Gasteiger partial charge in [-0.15, -0.1) is 0 Å². The van der Waals surface area contributed by atoms with Crippen LogP contribution in [0.15, 0.2) is 22.7 Å². The molecule has 3 rings (SSSR count). The second kappa shape index (κ2) is 5.90. The number of phenolic OH excluding ortho intramolecular Hbond substituents is 1. The highest BCUT2D eigenvalue weighted by atomic mass is 127. The van der Waals surface area contributed by atoms with E-state index in [4.69, 9.17) is 4.52 Å². The molecule has 0 amide bonds. The van der Waals surface area contributed by atoms with Crippen molar-refractivity contribution < 1.29 is 9.63 Å². The van der Waals surface area contributed by atoms with Gasteiger partial charge in [-0.25, -0.2) is 0 Å². The molecule has 1 aromatic carbocycles. The van der Waals surface area contributed by atoms with E-state index in [0.717, 1.165) is 23.2 Å². The van der Waals surface area contributed by atoms with Crippen molar-refractivity contribution in [3.8, 4) is 17.2 Å². The number of rotatable bonds is 2. The molecule has 2 aromatic rings. The van der Waals surface area contributed by atoms with Gasteiger partial charge in [0.2, 0.25) is 0 Å². The lowest BCUT2D eigenvalue weighted by atomic mass is 10.1. The molecule has 1 unspecified atom stereocenters. The van der Waals surface area contributed by atoms with Crippen LogP contribution in [0.2, 0.25) is 0 Å². The molecule has 7 heteroatoms. The van der Waals surface area contributed by atoms with Crippen molar-refractivity contribution in [1.82, 2.24) is 19.9 Å². The van der Waals surface area contributed by atoms with Crippen LogP contribution in [-0.2, 0) is 0 Å². The Balaban J connectivity index is 1.91. The third-order valence-electron chi connectivity index (χ3n) is 3.78. The normalized spacial score (nSPS) is 20.8. The third-order valence-corrected chi connectivity index (χ3v) is 4.45. The summed E-state index contributed by atoms with van der Waals surface area (Å²) in [6.45, 7) is 2.88. The predicted octanol–water partition coefficient (Wildman–Crippen LogP) is 1.97. The summed E-state index contributed by atoms with van der Waals surface area (Å²) in [5, 5.41) is 14.1. The fourth-order valence-electron chi connectivity index (χ4n) is 2.45. The van der Waals surface area contributed by atoms with E-state index < -0.39 is 0 Å². The van der Waals surface area contributed by atoms with Crippen molar-refractivity contribution in [2.24, 2.45) is 0 Å². The van der Waals surface area contributed by atoms with Gasteiger partial charge in [0.25, 0.3) is 5.89 Å². The Morgan fingerprint density at radius 1 is 1.33 bits per heavy atom. The van der Waals surface area contributed by atoms with E-state index in [2.05, 4.69) is 56.6 Å². The van der Waals surface area contributed by atoms with Crippen LogP contribution in [0.3, 0.4) is 0 Å². The Bertz CT molecular complexity index is 646. The van der Waals surface area contributed by atoms with Gasteiger partial charge in [0, 0.05) is 23.2 Å². The van der Waals surface area contributed by atoms with E-state index in [0.29, 0.717) is 17.3 Å². The minimum absolute atomic E-state index is 0.117. The van der Waals surface area contributed by atoms with Gasteiger partial charge in [-0.1, -0.05) is 5.16 Å².